The van der Waals surface area contributed by atoms with Crippen LogP contribution in [0.15, 0.2) is 18.3 Å². The Morgan fingerprint density at radius 2 is 2.03 bits per heavy atom. The molecule has 0 aliphatic carbocycles. The fourth-order valence-corrected chi connectivity index (χ4v) is 6.73. The number of benzene rings is 1. The van der Waals surface area contributed by atoms with Crippen molar-refractivity contribution in [3.05, 3.63) is 35.2 Å². The molecule has 0 amide bonds. The highest BCUT2D eigenvalue weighted by molar-refractivity contribution is 5.93. The topological polar surface area (TPSA) is 82.6 Å². The van der Waals surface area contributed by atoms with Gasteiger partial charge in [-0.05, 0) is 57.1 Å². The molecule has 0 unspecified atom stereocenters. The predicted molar refractivity (Wildman–Crippen MR) is 144 cm³/mol. The van der Waals surface area contributed by atoms with Crippen molar-refractivity contribution in [2.45, 2.75) is 64.1 Å². The van der Waals surface area contributed by atoms with E-state index in [9.17, 15) is 0 Å². The van der Waals surface area contributed by atoms with Crippen molar-refractivity contribution in [2.24, 2.45) is 0 Å². The average Bonchev–Trinajstić information content (AvgIpc) is 3.68. The van der Waals surface area contributed by atoms with E-state index >= 15 is 0 Å². The molecule has 4 aliphatic rings. The molecule has 0 spiro atoms. The first-order chi connectivity index (χ1) is 18.2. The van der Waals surface area contributed by atoms with Gasteiger partial charge in [0.05, 0.1) is 49.0 Å². The predicted octanol–water partition coefficient (Wildman–Crippen LogP) is 3.46. The van der Waals surface area contributed by atoms with Gasteiger partial charge in [0.15, 0.2) is 0 Å². The first-order valence-electron chi connectivity index (χ1n) is 14.0. The van der Waals surface area contributed by atoms with E-state index in [-0.39, 0.29) is 0 Å². The highest BCUT2D eigenvalue weighted by atomic mass is 16.5. The maximum Gasteiger partial charge on any atom is 0.318 e. The number of hydrogen-bond acceptors (Lipinski definition) is 8. The number of nitrogens with zero attached hydrogens (tertiary/aromatic N) is 6. The number of ether oxygens (including phenoxy) is 2. The summed E-state index contributed by atoms with van der Waals surface area (Å²) in [5.74, 6) is 1.10. The van der Waals surface area contributed by atoms with Crippen LogP contribution in [0.1, 0.15) is 48.9 Å². The minimum absolute atomic E-state index is 0.446. The van der Waals surface area contributed by atoms with Crippen LogP contribution in [0.25, 0.3) is 10.9 Å². The third kappa shape index (κ3) is 4.42. The molecule has 9 heteroatoms. The van der Waals surface area contributed by atoms with Crippen LogP contribution in [0.5, 0.6) is 6.01 Å². The molecule has 6 heterocycles. The molecule has 4 aliphatic heterocycles. The Labute approximate surface area is 218 Å². The third-order valence-corrected chi connectivity index (χ3v) is 8.63. The first kappa shape index (κ1) is 23.2. The average molecular weight is 504 g/mol. The van der Waals surface area contributed by atoms with Crippen LogP contribution < -0.4 is 14.5 Å². The van der Waals surface area contributed by atoms with Crippen LogP contribution in [0.3, 0.4) is 0 Å². The van der Waals surface area contributed by atoms with Gasteiger partial charge < -0.3 is 19.3 Å². The van der Waals surface area contributed by atoms with Gasteiger partial charge in [0.25, 0.3) is 0 Å². The van der Waals surface area contributed by atoms with Crippen molar-refractivity contribution in [1.82, 2.24) is 25.1 Å². The Balaban J connectivity index is 1.12. The van der Waals surface area contributed by atoms with Gasteiger partial charge in [-0.3, -0.25) is 10.00 Å². The van der Waals surface area contributed by atoms with Gasteiger partial charge in [-0.25, -0.2) is 0 Å². The lowest BCUT2D eigenvalue weighted by Gasteiger charge is -2.35. The maximum absolute atomic E-state index is 6.23. The zero-order chi connectivity index (χ0) is 24.8. The summed E-state index contributed by atoms with van der Waals surface area (Å²) >= 11 is 0. The first-order valence-corrected chi connectivity index (χ1v) is 14.0. The summed E-state index contributed by atoms with van der Waals surface area (Å²) in [4.78, 5) is 17.5. The van der Waals surface area contributed by atoms with Crippen molar-refractivity contribution in [1.29, 1.82) is 0 Å². The lowest BCUT2D eigenvalue weighted by molar-refractivity contribution is 0.0287. The smallest absolute Gasteiger partial charge is 0.318 e. The van der Waals surface area contributed by atoms with Crippen molar-refractivity contribution < 1.29 is 9.47 Å². The van der Waals surface area contributed by atoms with E-state index in [2.05, 4.69) is 44.0 Å². The van der Waals surface area contributed by atoms with Gasteiger partial charge in [0.2, 0.25) is 0 Å². The van der Waals surface area contributed by atoms with E-state index in [0.29, 0.717) is 24.8 Å². The molecule has 9 nitrogen and oxygen atoms in total. The zero-order valence-electron chi connectivity index (χ0n) is 21.8. The molecule has 3 saturated heterocycles. The molecule has 2 aromatic heterocycles. The standard InChI is InChI=1S/C28H37N7O2/c1-19-6-7-24-23(15-29-32-24)26(19)35-12-8-22-25(17-35)30-28(31-27(22)33-9-3-2-4-10-33)36-13-5-11-34-16-21-14-20(34)18-37-21/h6-7,15,20-21H,2-5,8-14,16-18H2,1H3,(H,29,32)/t20-,21-/m0/s1. The van der Waals surface area contributed by atoms with E-state index in [4.69, 9.17) is 19.4 Å². The summed E-state index contributed by atoms with van der Waals surface area (Å²) in [5, 5.41) is 8.60. The number of hydrogen-bond donors (Lipinski definition) is 1. The highest BCUT2D eigenvalue weighted by Gasteiger charge is 2.38. The number of nitrogens with one attached hydrogen (secondary N) is 1. The lowest BCUT2D eigenvalue weighted by Crippen LogP contribution is -2.38. The molecule has 196 valence electrons. The van der Waals surface area contributed by atoms with Gasteiger partial charge in [0.1, 0.15) is 5.82 Å². The number of fused-ring (bicyclic) bond motifs is 4. The van der Waals surface area contributed by atoms with Crippen LogP contribution in [-0.4, -0.2) is 83.1 Å². The fraction of sp³-hybridized carbons (Fsp3) is 0.607. The number of aryl methyl sites for hydroxylation is 1. The summed E-state index contributed by atoms with van der Waals surface area (Å²) in [7, 11) is 0. The van der Waals surface area contributed by atoms with Gasteiger partial charge in [-0.15, -0.1) is 0 Å². The second-order valence-electron chi connectivity index (χ2n) is 11.1. The number of H-pyrrole nitrogens is 1. The number of anilines is 2. The number of morpholine rings is 1. The van der Waals surface area contributed by atoms with Crippen LogP contribution in [0.2, 0.25) is 0 Å². The molecule has 1 N–H and O–H groups in total. The number of piperidine rings is 1. The normalized spacial score (nSPS) is 23.7. The molecule has 37 heavy (non-hydrogen) atoms. The van der Waals surface area contributed by atoms with Crippen LogP contribution in [0, 0.1) is 6.92 Å². The summed E-state index contributed by atoms with van der Waals surface area (Å²) < 4.78 is 12.0. The summed E-state index contributed by atoms with van der Waals surface area (Å²) in [5.41, 5.74) is 5.99. The number of likely N-dealkylation sites (tertiary alicyclic amines) is 1. The molecular formula is C28H37N7O2. The van der Waals surface area contributed by atoms with E-state index < -0.39 is 0 Å². The monoisotopic (exact) mass is 503 g/mol. The van der Waals surface area contributed by atoms with Crippen molar-refractivity contribution >= 4 is 22.4 Å². The molecule has 3 aromatic rings. The Morgan fingerprint density at radius 3 is 2.86 bits per heavy atom. The van der Waals surface area contributed by atoms with Crippen molar-refractivity contribution in [3.8, 4) is 6.01 Å². The summed E-state index contributed by atoms with van der Waals surface area (Å²) in [6.07, 6.45) is 9.26. The number of aromatic amines is 1. The molecule has 0 radical (unpaired) electrons. The molecule has 0 saturated carbocycles. The van der Waals surface area contributed by atoms with Gasteiger partial charge in [-0.1, -0.05) is 6.07 Å². The number of aromatic nitrogens is 4. The second kappa shape index (κ2) is 9.76. The van der Waals surface area contributed by atoms with Crippen molar-refractivity contribution in [2.75, 3.05) is 55.7 Å². The van der Waals surface area contributed by atoms with Crippen LogP contribution in [0.4, 0.5) is 11.5 Å². The summed E-state index contributed by atoms with van der Waals surface area (Å²) in [6, 6.07) is 5.43. The van der Waals surface area contributed by atoms with Gasteiger partial charge >= 0.3 is 6.01 Å². The molecule has 2 bridgehead atoms. The Morgan fingerprint density at radius 1 is 1.11 bits per heavy atom. The Hall–Kier alpha value is -2.91. The third-order valence-electron chi connectivity index (χ3n) is 8.63. The summed E-state index contributed by atoms with van der Waals surface area (Å²) in [6.45, 7) is 9.68. The van der Waals surface area contributed by atoms with E-state index in [0.717, 1.165) is 75.7 Å². The van der Waals surface area contributed by atoms with E-state index in [1.165, 1.54) is 47.9 Å². The molecule has 1 aromatic carbocycles. The van der Waals surface area contributed by atoms with Crippen LogP contribution in [-0.2, 0) is 17.7 Å². The van der Waals surface area contributed by atoms with Gasteiger partial charge in [0, 0.05) is 49.7 Å². The molecule has 2 atom stereocenters. The van der Waals surface area contributed by atoms with E-state index in [1.807, 2.05) is 6.20 Å². The second-order valence-corrected chi connectivity index (χ2v) is 11.1. The highest BCUT2D eigenvalue weighted by Crippen LogP contribution is 2.36. The van der Waals surface area contributed by atoms with Gasteiger partial charge in [-0.2, -0.15) is 15.1 Å². The largest absolute Gasteiger partial charge is 0.463 e. The van der Waals surface area contributed by atoms with Crippen molar-refractivity contribution in [3.63, 3.8) is 0 Å². The minimum atomic E-state index is 0.446. The zero-order valence-corrected chi connectivity index (χ0v) is 21.8. The fourth-order valence-electron chi connectivity index (χ4n) is 6.73. The lowest BCUT2D eigenvalue weighted by atomic mass is 10.0. The van der Waals surface area contributed by atoms with E-state index in [1.54, 1.807) is 0 Å². The Kier molecular flexibility index (Phi) is 6.13. The minimum Gasteiger partial charge on any atom is -0.463 e. The molecule has 7 rings (SSSR count). The molecule has 3 fully saturated rings. The van der Waals surface area contributed by atoms with Crippen LogP contribution >= 0.6 is 0 Å². The maximum atomic E-state index is 6.23. The quantitative estimate of drug-likeness (QED) is 0.491. The molecular weight excluding hydrogens is 466 g/mol. The number of rotatable bonds is 7. The Bertz CT molecular complexity index is 1270. The SMILES string of the molecule is Cc1ccc2[nH]ncc2c1N1CCc2c(nc(OCCCN3C[C@@H]4C[C@H]3CO4)nc2N2CCCCC2)C1.